The maximum absolute atomic E-state index is 12.4. The van der Waals surface area contributed by atoms with Crippen LogP contribution in [0.3, 0.4) is 0 Å². The molecule has 0 spiro atoms. The van der Waals surface area contributed by atoms with E-state index in [4.69, 9.17) is 28.4 Å². The molecule has 0 aliphatic carbocycles. The molecule has 0 saturated carbocycles. The van der Waals surface area contributed by atoms with Gasteiger partial charge in [0.05, 0.1) is 7.11 Å². The highest BCUT2D eigenvalue weighted by Crippen LogP contribution is 2.46. The number of methoxy groups -OCH3 is 1. The zero-order valence-electron chi connectivity index (χ0n) is 13.2. The molecule has 22 heavy (non-hydrogen) atoms. The lowest BCUT2D eigenvalue weighted by molar-refractivity contribution is -0.210. The van der Waals surface area contributed by atoms with Gasteiger partial charge in [0.25, 0.3) is 0 Å². The van der Waals surface area contributed by atoms with Crippen molar-refractivity contribution in [3.8, 4) is 0 Å². The summed E-state index contributed by atoms with van der Waals surface area (Å²) in [6, 6.07) is 0. The molecule has 0 unspecified atom stereocenters. The lowest BCUT2D eigenvalue weighted by atomic mass is 9.94. The molecule has 0 aromatic rings. The highest BCUT2D eigenvalue weighted by molar-refractivity contribution is 5.83. The fraction of sp³-hybridized carbons (Fsp3) is 0.857. The van der Waals surface area contributed by atoms with Crippen molar-refractivity contribution in [2.75, 3.05) is 7.11 Å². The number of carbonyl (C=O) groups is 2. The third-order valence-corrected chi connectivity index (χ3v) is 3.87. The normalized spacial score (nSPS) is 42.0. The van der Waals surface area contributed by atoms with Crippen LogP contribution >= 0.6 is 0 Å². The van der Waals surface area contributed by atoms with Gasteiger partial charge in [-0.05, 0) is 27.7 Å². The first-order valence-electron chi connectivity index (χ1n) is 7.11. The molecular weight excluding hydrogens is 296 g/mol. The lowest BCUT2D eigenvalue weighted by Gasteiger charge is -2.29. The van der Waals surface area contributed by atoms with Crippen LogP contribution in [0.4, 0.5) is 0 Å². The van der Waals surface area contributed by atoms with Crippen LogP contribution in [0.5, 0.6) is 0 Å². The topological polar surface area (TPSA) is 89.5 Å². The fourth-order valence-corrected chi connectivity index (χ4v) is 3.17. The average molecular weight is 316 g/mol. The van der Waals surface area contributed by atoms with Crippen molar-refractivity contribution in [2.24, 2.45) is 0 Å². The number of fused-ring (bicyclic) bond motifs is 2. The molecule has 3 rings (SSSR count). The molecule has 8 nitrogen and oxygen atoms in total. The molecule has 0 N–H and O–H groups in total. The predicted octanol–water partition coefficient (Wildman–Crippen LogP) is 0.474. The monoisotopic (exact) mass is 316 g/mol. The van der Waals surface area contributed by atoms with Crippen LogP contribution in [0, 0.1) is 0 Å². The van der Waals surface area contributed by atoms with Crippen molar-refractivity contribution < 1.29 is 38.0 Å². The van der Waals surface area contributed by atoms with Crippen molar-refractivity contribution in [1.29, 1.82) is 0 Å². The molecule has 0 aromatic heterocycles. The van der Waals surface area contributed by atoms with E-state index in [1.807, 2.05) is 0 Å². The van der Waals surface area contributed by atoms with E-state index >= 15 is 0 Å². The molecule has 8 heteroatoms. The van der Waals surface area contributed by atoms with E-state index in [1.54, 1.807) is 27.7 Å². The third kappa shape index (κ3) is 2.30. The second-order valence-corrected chi connectivity index (χ2v) is 6.57. The zero-order valence-corrected chi connectivity index (χ0v) is 13.2. The fourth-order valence-electron chi connectivity index (χ4n) is 3.17. The third-order valence-electron chi connectivity index (χ3n) is 3.87. The van der Waals surface area contributed by atoms with E-state index in [2.05, 4.69) is 0 Å². The summed E-state index contributed by atoms with van der Waals surface area (Å²) in [5.41, 5.74) is -1.57. The molecule has 3 aliphatic rings. The SMILES string of the molecule is COC(=O)[C@@]12C[C@H]3OC(C)(C)O[C@H]3C(=O)O[C@@H]1OC(C)(C)O2. The zero-order chi connectivity index (χ0) is 16.3. The van der Waals surface area contributed by atoms with Gasteiger partial charge in [-0.3, -0.25) is 0 Å². The van der Waals surface area contributed by atoms with E-state index in [0.29, 0.717) is 0 Å². The molecule has 124 valence electrons. The number of hydrogen-bond donors (Lipinski definition) is 0. The van der Waals surface area contributed by atoms with Crippen LogP contribution < -0.4 is 0 Å². The van der Waals surface area contributed by atoms with Gasteiger partial charge in [-0.15, -0.1) is 0 Å². The average Bonchev–Trinajstić information content (AvgIpc) is 2.79. The standard InChI is InChI=1S/C14H20O8/c1-12(2)19-7-6-14(10(16)17-5)11(21-13(3,4)22-14)18-9(15)8(7)20-12/h7-8,11H,6H2,1-5H3/t7-,8-,11-,14+/m1/s1. The van der Waals surface area contributed by atoms with Gasteiger partial charge in [0.1, 0.15) is 6.10 Å². The second kappa shape index (κ2) is 4.64. The van der Waals surface area contributed by atoms with Gasteiger partial charge >= 0.3 is 11.9 Å². The summed E-state index contributed by atoms with van der Waals surface area (Å²) in [5, 5.41) is 0. The largest absolute Gasteiger partial charge is 0.467 e. The Morgan fingerprint density at radius 3 is 2.45 bits per heavy atom. The summed E-state index contributed by atoms with van der Waals surface area (Å²) in [6.07, 6.45) is -2.79. The first kappa shape index (κ1) is 15.7. The maximum Gasteiger partial charge on any atom is 0.345 e. The number of carbonyl (C=O) groups excluding carboxylic acids is 2. The summed E-state index contributed by atoms with van der Waals surface area (Å²) in [4.78, 5) is 24.6. The molecule has 3 saturated heterocycles. The van der Waals surface area contributed by atoms with E-state index in [1.165, 1.54) is 7.11 Å². The van der Waals surface area contributed by atoms with Crippen LogP contribution in [0.25, 0.3) is 0 Å². The minimum Gasteiger partial charge on any atom is -0.467 e. The van der Waals surface area contributed by atoms with E-state index in [9.17, 15) is 9.59 Å². The molecule has 0 aromatic carbocycles. The van der Waals surface area contributed by atoms with Crippen LogP contribution in [-0.4, -0.2) is 54.7 Å². The minimum atomic E-state index is -1.57. The molecule has 0 amide bonds. The Bertz CT molecular complexity index is 513. The van der Waals surface area contributed by atoms with Gasteiger partial charge < -0.3 is 28.4 Å². The lowest BCUT2D eigenvalue weighted by Crippen LogP contribution is -2.51. The van der Waals surface area contributed by atoms with Gasteiger partial charge in [0.15, 0.2) is 17.7 Å². The highest BCUT2D eigenvalue weighted by atomic mass is 16.9. The Morgan fingerprint density at radius 1 is 1.14 bits per heavy atom. The summed E-state index contributed by atoms with van der Waals surface area (Å²) < 4.78 is 32.8. The molecule has 3 heterocycles. The van der Waals surface area contributed by atoms with Gasteiger partial charge in [-0.1, -0.05) is 0 Å². The first-order valence-corrected chi connectivity index (χ1v) is 7.11. The van der Waals surface area contributed by atoms with Gasteiger partial charge in [-0.25, -0.2) is 9.59 Å². The van der Waals surface area contributed by atoms with Crippen molar-refractivity contribution in [2.45, 2.75) is 69.8 Å². The quantitative estimate of drug-likeness (QED) is 0.645. The maximum atomic E-state index is 12.4. The van der Waals surface area contributed by atoms with Crippen molar-refractivity contribution >= 4 is 11.9 Å². The molecule has 0 bridgehead atoms. The molecule has 3 fully saturated rings. The van der Waals surface area contributed by atoms with Crippen LogP contribution in [0.15, 0.2) is 0 Å². The van der Waals surface area contributed by atoms with Crippen LogP contribution in [-0.2, 0) is 38.0 Å². The van der Waals surface area contributed by atoms with Crippen molar-refractivity contribution in [1.82, 2.24) is 0 Å². The van der Waals surface area contributed by atoms with E-state index in [-0.39, 0.29) is 6.42 Å². The van der Waals surface area contributed by atoms with Crippen molar-refractivity contribution in [3.63, 3.8) is 0 Å². The van der Waals surface area contributed by atoms with Crippen LogP contribution in [0.1, 0.15) is 34.1 Å². The van der Waals surface area contributed by atoms with Crippen molar-refractivity contribution in [3.05, 3.63) is 0 Å². The molecule has 4 atom stereocenters. The predicted molar refractivity (Wildman–Crippen MR) is 69.3 cm³/mol. The van der Waals surface area contributed by atoms with Gasteiger partial charge in [-0.2, -0.15) is 0 Å². The van der Waals surface area contributed by atoms with Gasteiger partial charge in [0.2, 0.25) is 11.9 Å². The Morgan fingerprint density at radius 2 is 1.82 bits per heavy atom. The van der Waals surface area contributed by atoms with E-state index in [0.717, 1.165) is 0 Å². The second-order valence-electron chi connectivity index (χ2n) is 6.57. The molecular formula is C14H20O8. The Kier molecular flexibility index (Phi) is 3.30. The Labute approximate surface area is 127 Å². The minimum absolute atomic E-state index is 0.0353. The number of rotatable bonds is 1. The summed E-state index contributed by atoms with van der Waals surface area (Å²) in [6.45, 7) is 6.64. The van der Waals surface area contributed by atoms with E-state index < -0.39 is 47.6 Å². The number of esters is 2. The van der Waals surface area contributed by atoms with Gasteiger partial charge in [0, 0.05) is 6.42 Å². The summed E-state index contributed by atoms with van der Waals surface area (Å²) in [7, 11) is 1.24. The highest BCUT2D eigenvalue weighted by Gasteiger charge is 2.67. The summed E-state index contributed by atoms with van der Waals surface area (Å²) >= 11 is 0. The van der Waals surface area contributed by atoms with Crippen LogP contribution in [0.2, 0.25) is 0 Å². The smallest absolute Gasteiger partial charge is 0.345 e. The number of ether oxygens (including phenoxy) is 6. The molecule has 0 radical (unpaired) electrons. The Balaban J connectivity index is 1.99. The molecule has 3 aliphatic heterocycles. The first-order chi connectivity index (χ1) is 10.1. The number of hydrogen-bond acceptors (Lipinski definition) is 8. The summed E-state index contributed by atoms with van der Waals surface area (Å²) in [5.74, 6) is -3.37. The Hall–Kier alpha value is -1.22.